The molecule has 2 saturated carbocycles. The Morgan fingerprint density at radius 2 is 1.91 bits per heavy atom. The first kappa shape index (κ1) is 22.5. The van der Waals surface area contributed by atoms with Crippen LogP contribution in [0.15, 0.2) is 42.5 Å². The largest absolute Gasteiger partial charge is 0.462 e. The Morgan fingerprint density at radius 3 is 2.69 bits per heavy atom. The van der Waals surface area contributed by atoms with E-state index in [1.165, 1.54) is 0 Å². The number of carbonyl (C=O) groups excluding carboxylic acids is 3. The number of esters is 3. The zero-order valence-electron chi connectivity index (χ0n) is 19.7. The number of benzene rings is 2. The van der Waals surface area contributed by atoms with Gasteiger partial charge in [-0.1, -0.05) is 49.4 Å². The fourth-order valence-electron chi connectivity index (χ4n) is 7.59. The fourth-order valence-corrected chi connectivity index (χ4v) is 7.59. The predicted octanol–water partition coefficient (Wildman–Crippen LogP) is 2.06. The van der Waals surface area contributed by atoms with Gasteiger partial charge < -0.3 is 24.4 Å². The third-order valence-electron chi connectivity index (χ3n) is 9.50. The summed E-state index contributed by atoms with van der Waals surface area (Å²) >= 11 is 0. The van der Waals surface area contributed by atoms with Gasteiger partial charge in [-0.05, 0) is 42.0 Å². The maximum absolute atomic E-state index is 13.3. The van der Waals surface area contributed by atoms with Gasteiger partial charge in [0.1, 0.15) is 6.61 Å². The van der Waals surface area contributed by atoms with Crippen molar-refractivity contribution in [1.82, 2.24) is 0 Å². The number of cyclic esters (lactones) is 1. The first-order valence-corrected chi connectivity index (χ1v) is 12.1. The molecule has 2 aliphatic heterocycles. The van der Waals surface area contributed by atoms with E-state index >= 15 is 0 Å². The molecule has 7 atom stereocenters. The summed E-state index contributed by atoms with van der Waals surface area (Å²) in [4.78, 5) is 39.4. The minimum Gasteiger partial charge on any atom is -0.462 e. The lowest BCUT2D eigenvalue weighted by molar-refractivity contribution is -0.322. The summed E-state index contributed by atoms with van der Waals surface area (Å²) in [5.74, 6) is -2.64. The molecule has 2 aromatic rings. The van der Waals surface area contributed by atoms with Crippen LogP contribution in [0.3, 0.4) is 0 Å². The summed E-state index contributed by atoms with van der Waals surface area (Å²) in [5.41, 5.74) is -5.61. The smallest absolute Gasteiger partial charge is 0.355 e. The summed E-state index contributed by atoms with van der Waals surface area (Å²) in [5, 5.41) is 25.2. The number of aliphatic hydroxyl groups excluding tert-OH is 1. The Hall–Kier alpha value is -2.97. The van der Waals surface area contributed by atoms with E-state index in [0.717, 1.165) is 10.8 Å². The second-order valence-corrected chi connectivity index (χ2v) is 10.8. The van der Waals surface area contributed by atoms with Crippen molar-refractivity contribution in [1.29, 1.82) is 0 Å². The molecule has 0 amide bonds. The zero-order valence-corrected chi connectivity index (χ0v) is 19.7. The molecule has 2 saturated heterocycles. The van der Waals surface area contributed by atoms with Gasteiger partial charge in [0.25, 0.3) is 5.60 Å². The van der Waals surface area contributed by atoms with Crippen molar-refractivity contribution in [2.45, 2.75) is 62.9 Å². The molecule has 4 aliphatic rings. The molecule has 2 bridgehead atoms. The third-order valence-corrected chi connectivity index (χ3v) is 9.50. The number of hydrogen-bond acceptors (Lipinski definition) is 8. The molecule has 8 heteroatoms. The molecule has 0 radical (unpaired) electrons. The van der Waals surface area contributed by atoms with E-state index in [1.807, 2.05) is 49.4 Å². The third kappa shape index (κ3) is 2.51. The van der Waals surface area contributed by atoms with Crippen LogP contribution in [0.2, 0.25) is 0 Å². The molecule has 35 heavy (non-hydrogen) atoms. The summed E-state index contributed by atoms with van der Waals surface area (Å²) in [6.07, 6.45) is -2.04. The maximum atomic E-state index is 13.3. The van der Waals surface area contributed by atoms with E-state index in [4.69, 9.17) is 14.2 Å². The second kappa shape index (κ2) is 7.04. The summed E-state index contributed by atoms with van der Waals surface area (Å²) in [7, 11) is 0. The molecule has 8 nitrogen and oxygen atoms in total. The van der Waals surface area contributed by atoms with E-state index in [0.29, 0.717) is 12.0 Å². The quantitative estimate of drug-likeness (QED) is 0.506. The Kier molecular flexibility index (Phi) is 4.53. The van der Waals surface area contributed by atoms with Crippen LogP contribution in [0.5, 0.6) is 0 Å². The highest BCUT2D eigenvalue weighted by molar-refractivity contribution is 5.91. The van der Waals surface area contributed by atoms with Crippen LogP contribution in [0.1, 0.15) is 38.7 Å². The highest BCUT2D eigenvalue weighted by atomic mass is 16.6. The van der Waals surface area contributed by atoms with Crippen LogP contribution in [-0.4, -0.2) is 58.1 Å². The van der Waals surface area contributed by atoms with Gasteiger partial charge in [0, 0.05) is 11.8 Å². The topological polar surface area (TPSA) is 119 Å². The number of ether oxygens (including phenoxy) is 3. The molecule has 2 heterocycles. The Bertz CT molecular complexity index is 1270. The van der Waals surface area contributed by atoms with Crippen molar-refractivity contribution in [3.8, 4) is 0 Å². The lowest BCUT2D eigenvalue weighted by Gasteiger charge is -2.64. The van der Waals surface area contributed by atoms with Gasteiger partial charge >= 0.3 is 17.9 Å². The SMILES string of the molecule is C[C@@H]1CC[C@@]2(O)[C@@]13C[C@@H](OC(=O)[C@@H]3O)[C@@]1(OC(=O)Cc3ccc4ccccc4c3)C(=O)OC[C@@]21C. The van der Waals surface area contributed by atoms with Gasteiger partial charge in [0.2, 0.25) is 0 Å². The second-order valence-electron chi connectivity index (χ2n) is 10.8. The van der Waals surface area contributed by atoms with E-state index in [-0.39, 0.29) is 31.8 Å². The maximum Gasteiger partial charge on any atom is 0.355 e. The number of fused-ring (bicyclic) bond motifs is 5. The molecule has 0 unspecified atom stereocenters. The van der Waals surface area contributed by atoms with Crippen molar-refractivity contribution in [3.05, 3.63) is 48.0 Å². The summed E-state index contributed by atoms with van der Waals surface area (Å²) in [6.45, 7) is 3.32. The van der Waals surface area contributed by atoms with Gasteiger partial charge in [0.15, 0.2) is 12.2 Å². The van der Waals surface area contributed by atoms with Crippen LogP contribution in [0.25, 0.3) is 10.8 Å². The van der Waals surface area contributed by atoms with E-state index in [9.17, 15) is 24.6 Å². The molecule has 2 aromatic carbocycles. The molecule has 0 aromatic heterocycles. The molecule has 6 rings (SSSR count). The summed E-state index contributed by atoms with van der Waals surface area (Å²) < 4.78 is 17.0. The number of hydrogen-bond donors (Lipinski definition) is 2. The van der Waals surface area contributed by atoms with Crippen molar-refractivity contribution in [2.75, 3.05) is 6.61 Å². The van der Waals surface area contributed by atoms with Crippen LogP contribution in [0.4, 0.5) is 0 Å². The van der Waals surface area contributed by atoms with E-state index in [2.05, 4.69) is 0 Å². The van der Waals surface area contributed by atoms with Crippen molar-refractivity contribution in [2.24, 2.45) is 16.7 Å². The molecule has 1 spiro atoms. The number of rotatable bonds is 3. The van der Waals surface area contributed by atoms with E-state index < -0.39 is 52.1 Å². The van der Waals surface area contributed by atoms with Gasteiger partial charge in [-0.2, -0.15) is 0 Å². The molecule has 2 N–H and O–H groups in total. The van der Waals surface area contributed by atoms with Crippen LogP contribution in [0, 0.1) is 16.7 Å². The lowest BCUT2D eigenvalue weighted by Crippen LogP contribution is -2.81. The van der Waals surface area contributed by atoms with Crippen LogP contribution < -0.4 is 0 Å². The lowest BCUT2D eigenvalue weighted by atomic mass is 9.44. The molecule has 2 aliphatic carbocycles. The molecule has 4 fully saturated rings. The normalized spacial score (nSPS) is 41.7. The number of carbonyl (C=O) groups is 3. The van der Waals surface area contributed by atoms with Gasteiger partial charge in [-0.3, -0.25) is 4.79 Å². The van der Waals surface area contributed by atoms with E-state index in [1.54, 1.807) is 6.92 Å². The molecule has 184 valence electrons. The minimum atomic E-state index is -2.00. The minimum absolute atomic E-state index is 0.00547. The standard InChI is InChI=1S/C27H28O8/c1-15-9-10-26(32)24(2)14-33-23(31)27(24,19-13-25(15,26)21(29)22(30)34-19)35-20(28)12-16-7-8-17-5-3-4-6-18(17)11-16/h3-8,11,15,19,21,29,32H,9-10,12-14H2,1-2H3/t15-,19-,21+,24+,25+,26+,27-/m1/s1. The van der Waals surface area contributed by atoms with Crippen LogP contribution >= 0.6 is 0 Å². The highest BCUT2D eigenvalue weighted by Crippen LogP contribution is 2.72. The van der Waals surface area contributed by atoms with Crippen LogP contribution in [-0.2, 0) is 35.0 Å². The Balaban J connectivity index is 1.41. The average molecular weight is 481 g/mol. The average Bonchev–Trinajstić information content (AvgIpc) is 3.25. The van der Waals surface area contributed by atoms with Crippen molar-refractivity contribution in [3.63, 3.8) is 0 Å². The predicted molar refractivity (Wildman–Crippen MR) is 122 cm³/mol. The number of aliphatic hydroxyl groups is 2. The Morgan fingerprint density at radius 1 is 1.17 bits per heavy atom. The van der Waals surface area contributed by atoms with Crippen molar-refractivity contribution < 1.29 is 38.8 Å². The zero-order chi connectivity index (χ0) is 24.8. The molecular formula is C27H28O8. The highest BCUT2D eigenvalue weighted by Gasteiger charge is 2.87. The molecular weight excluding hydrogens is 452 g/mol. The fraction of sp³-hybridized carbons (Fsp3) is 0.519. The Labute approximate surface area is 202 Å². The van der Waals surface area contributed by atoms with Gasteiger partial charge in [-0.25, -0.2) is 9.59 Å². The van der Waals surface area contributed by atoms with Gasteiger partial charge in [0.05, 0.1) is 17.4 Å². The van der Waals surface area contributed by atoms with Gasteiger partial charge in [-0.15, -0.1) is 0 Å². The first-order valence-electron chi connectivity index (χ1n) is 12.1. The summed E-state index contributed by atoms with van der Waals surface area (Å²) in [6, 6.07) is 13.4. The first-order chi connectivity index (χ1) is 16.6. The van der Waals surface area contributed by atoms with Crippen molar-refractivity contribution >= 4 is 28.7 Å². The monoisotopic (exact) mass is 480 g/mol.